The number of carbonyl (C=O) groups is 3. The number of aromatic nitrogens is 2. The van der Waals surface area contributed by atoms with Gasteiger partial charge in [0.1, 0.15) is 11.4 Å². The van der Waals surface area contributed by atoms with E-state index in [0.29, 0.717) is 9.69 Å². The fourth-order valence-corrected chi connectivity index (χ4v) is 3.39. The monoisotopic (exact) mass is 686 g/mol. The third-order valence-corrected chi connectivity index (χ3v) is 5.51. The first-order valence-corrected chi connectivity index (χ1v) is 12.3. The van der Waals surface area contributed by atoms with Crippen LogP contribution in [0.1, 0.15) is 16.1 Å². The van der Waals surface area contributed by atoms with Crippen LogP contribution in [0.25, 0.3) is 6.08 Å². The second-order valence-corrected chi connectivity index (χ2v) is 9.71. The van der Waals surface area contributed by atoms with Gasteiger partial charge in [-0.15, -0.1) is 0 Å². The van der Waals surface area contributed by atoms with E-state index in [-0.39, 0.29) is 206 Å². The number of carboxylic acids is 2. The molecule has 1 aliphatic heterocycles. The van der Waals surface area contributed by atoms with Crippen LogP contribution in [-0.4, -0.2) is 82.3 Å². The van der Waals surface area contributed by atoms with Crippen molar-refractivity contribution in [2.24, 2.45) is 5.10 Å². The minimum atomic E-state index is -4.70. The first kappa shape index (κ1) is 46.1. The molecule has 0 aromatic carbocycles. The van der Waals surface area contributed by atoms with Crippen molar-refractivity contribution >= 4 is 49.9 Å². The Bertz CT molecular complexity index is 1400. The number of carboxylic acid groups (broad SMARTS) is 2. The minimum Gasteiger partial charge on any atom is -0.858 e. The molecule has 2 rings (SSSR count). The zero-order chi connectivity index (χ0) is 26.6. The number of carbonyl (C=O) groups excluding carboxylic acids is 3. The Kier molecular flexibility index (Phi) is 24.4. The number of rotatable bonds is 11. The van der Waals surface area contributed by atoms with Crippen LogP contribution < -0.4 is 221 Å². The molecule has 0 unspecified atom stereocenters. The Morgan fingerprint density at radius 1 is 0.923 bits per heavy atom. The molecular formula is C17H14K4N4O12S2. The molecule has 0 saturated heterocycles. The van der Waals surface area contributed by atoms with Crippen molar-refractivity contribution in [3.8, 4) is 5.88 Å². The van der Waals surface area contributed by atoms with Gasteiger partial charge < -0.3 is 29.5 Å². The number of aryl methyl sites for hydroxylation is 1. The summed E-state index contributed by atoms with van der Waals surface area (Å²) in [4.78, 5) is 34.6. The molecule has 0 bridgehead atoms. The summed E-state index contributed by atoms with van der Waals surface area (Å²) in [7, 11) is -9.16. The van der Waals surface area contributed by atoms with E-state index in [0.717, 1.165) is 30.4 Å². The number of hydrazone groups is 1. The second-order valence-electron chi connectivity index (χ2n) is 6.61. The minimum absolute atomic E-state index is 0. The van der Waals surface area contributed by atoms with Gasteiger partial charge in [0.2, 0.25) is 0 Å². The Balaban J connectivity index is -0.00000324. The maximum atomic E-state index is 12.3. The van der Waals surface area contributed by atoms with Gasteiger partial charge in [-0.25, -0.2) is 13.4 Å². The first-order chi connectivity index (χ1) is 16.1. The Morgan fingerprint density at radius 3 is 2.00 bits per heavy atom. The molecule has 1 amide bonds. The summed E-state index contributed by atoms with van der Waals surface area (Å²) in [6.45, 7) is -1.33. The van der Waals surface area contributed by atoms with Gasteiger partial charge in [-0.1, -0.05) is 24.3 Å². The van der Waals surface area contributed by atoms with E-state index in [2.05, 4.69) is 10.2 Å². The fraction of sp³-hybridized carbons (Fsp3) is 0.235. The van der Waals surface area contributed by atoms with E-state index in [1.165, 1.54) is 0 Å². The Hall–Kier alpha value is 2.68. The Morgan fingerprint density at radius 2 is 1.51 bits per heavy atom. The van der Waals surface area contributed by atoms with Crippen molar-refractivity contribution in [1.29, 1.82) is 0 Å². The second kappa shape index (κ2) is 20.7. The zero-order valence-electron chi connectivity index (χ0n) is 21.3. The molecule has 0 atom stereocenters. The molecule has 0 spiro atoms. The van der Waals surface area contributed by atoms with Crippen LogP contribution in [0.5, 0.6) is 5.88 Å². The molecule has 0 radical (unpaired) electrons. The third-order valence-electron chi connectivity index (χ3n) is 4.13. The van der Waals surface area contributed by atoms with Gasteiger partial charge in [-0.05, 0) is 12.0 Å². The molecule has 190 valence electrons. The fourth-order valence-electron chi connectivity index (χ4n) is 2.59. The topological polar surface area (TPSA) is 265 Å². The van der Waals surface area contributed by atoms with Crippen molar-refractivity contribution in [1.82, 2.24) is 14.8 Å². The van der Waals surface area contributed by atoms with Gasteiger partial charge in [-0.3, -0.25) is 14.0 Å². The summed E-state index contributed by atoms with van der Waals surface area (Å²) in [5, 5.41) is 42.0. The van der Waals surface area contributed by atoms with Gasteiger partial charge in [0.05, 0.1) is 52.2 Å². The van der Waals surface area contributed by atoms with Gasteiger partial charge in [0.25, 0.3) is 16.0 Å². The van der Waals surface area contributed by atoms with E-state index >= 15 is 0 Å². The van der Waals surface area contributed by atoms with E-state index in [1.54, 1.807) is 0 Å². The molecule has 0 aliphatic carbocycles. The van der Waals surface area contributed by atoms with Gasteiger partial charge in [0.15, 0.2) is 0 Å². The molecule has 1 N–H and O–H groups in total. The molecule has 1 aromatic heterocycles. The quantitative estimate of drug-likeness (QED) is 0.0982. The van der Waals surface area contributed by atoms with E-state index in [4.69, 9.17) is 4.55 Å². The SMILES string of the molecule is O=C([O-])C1=NN(CCS(=O)(=O)[O-])C(=O)C1=CC=CC=Cc1c(C(=O)[O-])nn(CCS(=O)(=O)O)c1[O-].[K+].[K+].[K+].[K+]. The van der Waals surface area contributed by atoms with Crippen LogP contribution in [-0.2, 0) is 36.4 Å². The van der Waals surface area contributed by atoms with Crippen LogP contribution in [0, 0.1) is 0 Å². The van der Waals surface area contributed by atoms with Crippen LogP contribution in [0.3, 0.4) is 0 Å². The molecule has 1 aliphatic rings. The molecule has 16 nitrogen and oxygen atoms in total. The van der Waals surface area contributed by atoms with Crippen LogP contribution in [0.2, 0.25) is 0 Å². The van der Waals surface area contributed by atoms with Crippen LogP contribution in [0.15, 0.2) is 35.0 Å². The molecule has 1 aromatic rings. The van der Waals surface area contributed by atoms with Crippen molar-refractivity contribution in [2.75, 3.05) is 18.1 Å². The maximum Gasteiger partial charge on any atom is 1.00 e. The summed E-state index contributed by atoms with van der Waals surface area (Å²) < 4.78 is 63.0. The normalized spacial score (nSPS) is 14.4. The number of nitrogens with zero attached hydrogens (tertiary/aromatic N) is 4. The Labute approximate surface area is 393 Å². The summed E-state index contributed by atoms with van der Waals surface area (Å²) >= 11 is 0. The largest absolute Gasteiger partial charge is 1.00 e. The summed E-state index contributed by atoms with van der Waals surface area (Å²) in [6, 6.07) is 0. The molecule has 0 fully saturated rings. The number of hydrogen-bond acceptors (Lipinski definition) is 13. The van der Waals surface area contributed by atoms with Crippen molar-refractivity contribution in [3.63, 3.8) is 0 Å². The smallest absolute Gasteiger partial charge is 0.858 e. The number of aliphatic carboxylic acids is 1. The molecule has 2 heterocycles. The number of allylic oxidation sites excluding steroid dienone is 4. The summed E-state index contributed by atoms with van der Waals surface area (Å²) in [6.07, 6.45) is 5.27. The predicted molar refractivity (Wildman–Crippen MR) is 107 cm³/mol. The van der Waals surface area contributed by atoms with Crippen LogP contribution in [0.4, 0.5) is 0 Å². The number of aromatic carboxylic acids is 1. The van der Waals surface area contributed by atoms with Crippen molar-refractivity contribution < 1.29 is 261 Å². The van der Waals surface area contributed by atoms with E-state index in [9.17, 15) is 51.1 Å². The third kappa shape index (κ3) is 15.5. The van der Waals surface area contributed by atoms with Gasteiger partial charge in [-0.2, -0.15) is 18.6 Å². The average molecular weight is 687 g/mol. The van der Waals surface area contributed by atoms with Crippen molar-refractivity contribution in [3.05, 3.63) is 41.1 Å². The van der Waals surface area contributed by atoms with E-state index < -0.39 is 91.1 Å². The summed E-state index contributed by atoms with van der Waals surface area (Å²) in [5.74, 6) is -7.64. The molecule has 22 heteroatoms. The predicted octanol–water partition coefficient (Wildman–Crippen LogP) is -16.8. The average Bonchev–Trinajstić information content (AvgIpc) is 3.21. The standard InChI is InChI=1S/C17H18N4O12S2.4K/c22-14-10(12(16(24)25)18-20(14)6-8-34(28,29)30)4-2-1-3-5-11-13(17(26)27)19-21(15(11)23)7-9-35(31,32)33;;;;/h1-5,22H,6-9H2,(H,24,25)(H,26,27)(H,28,29,30)(H,31,32,33);;;;/q;4*+1/p-4. The number of amides is 1. The van der Waals surface area contributed by atoms with Crippen molar-refractivity contribution in [2.45, 2.75) is 6.54 Å². The maximum absolute atomic E-state index is 12.3. The molecule has 39 heavy (non-hydrogen) atoms. The van der Waals surface area contributed by atoms with Crippen LogP contribution >= 0.6 is 0 Å². The van der Waals surface area contributed by atoms with Gasteiger partial charge in [0, 0.05) is 5.56 Å². The molecular weight excluding hydrogens is 673 g/mol. The molecule has 0 saturated carbocycles. The zero-order valence-corrected chi connectivity index (χ0v) is 35.4. The van der Waals surface area contributed by atoms with E-state index in [1.807, 2.05) is 0 Å². The van der Waals surface area contributed by atoms with Gasteiger partial charge >= 0.3 is 206 Å². The number of hydrogen-bond donors (Lipinski definition) is 1. The first-order valence-electron chi connectivity index (χ1n) is 9.16. The summed E-state index contributed by atoms with van der Waals surface area (Å²) in [5.41, 5.74) is -2.63.